The lowest BCUT2D eigenvalue weighted by Crippen LogP contribution is -2.33. The van der Waals surface area contributed by atoms with Crippen LogP contribution in [0.4, 0.5) is 10.5 Å². The van der Waals surface area contributed by atoms with E-state index in [9.17, 15) is 4.79 Å². The van der Waals surface area contributed by atoms with Crippen LogP contribution in [0.1, 0.15) is 43.1 Å². The van der Waals surface area contributed by atoms with Crippen LogP contribution >= 0.6 is 11.6 Å². The Morgan fingerprint density at radius 3 is 2.72 bits per heavy atom. The molecule has 4 rings (SSSR count). The summed E-state index contributed by atoms with van der Waals surface area (Å²) in [6.07, 6.45) is 6.79. The Balaban J connectivity index is 1.51. The van der Waals surface area contributed by atoms with Crippen LogP contribution in [0, 0.1) is 0 Å². The van der Waals surface area contributed by atoms with E-state index in [0.717, 1.165) is 18.4 Å². The van der Waals surface area contributed by atoms with Crippen LogP contribution in [0.25, 0.3) is 5.95 Å². The van der Waals surface area contributed by atoms with Crippen molar-refractivity contribution < 1.29 is 9.53 Å². The molecule has 0 aliphatic heterocycles. The zero-order chi connectivity index (χ0) is 20.4. The minimum Gasteiger partial charge on any atom is -0.495 e. The van der Waals surface area contributed by atoms with Gasteiger partial charge in [-0.1, -0.05) is 11.6 Å². The molecular weight excluding hydrogens is 394 g/mol. The quantitative estimate of drug-likeness (QED) is 0.640. The minimum atomic E-state index is -0.431. The summed E-state index contributed by atoms with van der Waals surface area (Å²) in [5.74, 6) is 1.82. The van der Waals surface area contributed by atoms with Gasteiger partial charge >= 0.3 is 6.03 Å². The summed E-state index contributed by atoms with van der Waals surface area (Å²) in [5, 5.41) is 10.5. The van der Waals surface area contributed by atoms with E-state index in [0.29, 0.717) is 34.2 Å². The molecule has 29 heavy (non-hydrogen) atoms. The van der Waals surface area contributed by atoms with E-state index < -0.39 is 6.04 Å². The van der Waals surface area contributed by atoms with Gasteiger partial charge in [-0.2, -0.15) is 9.78 Å². The number of aromatic nitrogens is 5. The Labute approximate surface area is 172 Å². The fraction of sp³-hybridized carbons (Fsp3) is 0.316. The first kappa shape index (κ1) is 19.1. The molecule has 1 aliphatic carbocycles. The van der Waals surface area contributed by atoms with Crippen molar-refractivity contribution in [2.24, 2.45) is 0 Å². The van der Waals surface area contributed by atoms with Gasteiger partial charge in [0.05, 0.1) is 18.2 Å². The molecule has 150 valence electrons. The molecule has 1 saturated carbocycles. The van der Waals surface area contributed by atoms with Crippen LogP contribution < -0.4 is 15.4 Å². The number of nitrogens with zero attached hydrogens (tertiary/aromatic N) is 5. The lowest BCUT2D eigenvalue weighted by atomic mass is 10.1. The number of carbonyl (C=O) groups excluding carboxylic acids is 1. The highest BCUT2D eigenvalue weighted by atomic mass is 35.5. The van der Waals surface area contributed by atoms with E-state index >= 15 is 0 Å². The Bertz CT molecular complexity index is 1020. The maximum Gasteiger partial charge on any atom is 0.319 e. The topological polar surface area (TPSA) is 107 Å². The van der Waals surface area contributed by atoms with Crippen LogP contribution in [-0.2, 0) is 0 Å². The van der Waals surface area contributed by atoms with Gasteiger partial charge in [0.1, 0.15) is 12.1 Å². The van der Waals surface area contributed by atoms with Crippen LogP contribution in [0.3, 0.4) is 0 Å². The van der Waals surface area contributed by atoms with Crippen LogP contribution in [0.2, 0.25) is 5.02 Å². The number of rotatable bonds is 6. The summed E-state index contributed by atoms with van der Waals surface area (Å²) in [5.41, 5.74) is 1.70. The normalized spacial score (nSPS) is 14.3. The van der Waals surface area contributed by atoms with Gasteiger partial charge in [0.2, 0.25) is 0 Å². The van der Waals surface area contributed by atoms with Crippen molar-refractivity contribution >= 4 is 23.3 Å². The SMILES string of the molecule is COc1cc(NC(=O)N[C@@H](C)c2ncnn2-c2ncccn2)c(C2CC2)cc1Cl. The van der Waals surface area contributed by atoms with Crippen molar-refractivity contribution in [1.29, 1.82) is 0 Å². The second-order valence-corrected chi connectivity index (χ2v) is 7.15. The van der Waals surface area contributed by atoms with Crippen molar-refractivity contribution in [3.63, 3.8) is 0 Å². The maximum atomic E-state index is 12.7. The number of halogens is 1. The molecule has 0 radical (unpaired) electrons. The van der Waals surface area contributed by atoms with Crippen molar-refractivity contribution in [3.8, 4) is 11.7 Å². The number of ether oxygens (including phenoxy) is 1. The average molecular weight is 414 g/mol. The Kier molecular flexibility index (Phi) is 5.30. The molecule has 0 bridgehead atoms. The zero-order valence-electron chi connectivity index (χ0n) is 16.0. The molecule has 2 N–H and O–H groups in total. The number of amides is 2. The van der Waals surface area contributed by atoms with Crippen molar-refractivity contribution in [2.75, 3.05) is 12.4 Å². The highest BCUT2D eigenvalue weighted by molar-refractivity contribution is 6.32. The molecular formula is C19H20ClN7O2. The smallest absolute Gasteiger partial charge is 0.319 e. The summed E-state index contributed by atoms with van der Waals surface area (Å²) in [6, 6.07) is 4.53. The van der Waals surface area contributed by atoms with Gasteiger partial charge in [0.15, 0.2) is 5.82 Å². The molecule has 1 aromatic carbocycles. The monoisotopic (exact) mass is 413 g/mol. The Hall–Kier alpha value is -3.20. The standard InChI is InChI=1S/C19H20ClN7O2/c1-11(17-23-10-24-27(17)18-21-6-3-7-22-18)25-19(28)26-15-9-16(29-2)14(20)8-13(15)12-4-5-12/h3,6-12H,4-5H2,1-2H3,(H2,25,26,28)/t11-/m0/s1. The van der Waals surface area contributed by atoms with E-state index in [1.54, 1.807) is 31.6 Å². The fourth-order valence-electron chi connectivity index (χ4n) is 3.09. The number of benzene rings is 1. The molecule has 2 amide bonds. The van der Waals surface area contributed by atoms with E-state index in [2.05, 4.69) is 30.7 Å². The van der Waals surface area contributed by atoms with Crippen molar-refractivity contribution in [1.82, 2.24) is 30.0 Å². The number of methoxy groups -OCH3 is 1. The summed E-state index contributed by atoms with van der Waals surface area (Å²) in [6.45, 7) is 1.81. The highest BCUT2D eigenvalue weighted by Crippen LogP contribution is 2.46. The second kappa shape index (κ2) is 8.04. The molecule has 0 unspecified atom stereocenters. The first-order valence-corrected chi connectivity index (χ1v) is 9.57. The van der Waals surface area contributed by atoms with Crippen molar-refractivity contribution in [2.45, 2.75) is 31.7 Å². The highest BCUT2D eigenvalue weighted by Gasteiger charge is 2.28. The predicted octanol–water partition coefficient (Wildman–Crippen LogP) is 3.48. The number of anilines is 1. The van der Waals surface area contributed by atoms with E-state index in [4.69, 9.17) is 16.3 Å². The molecule has 2 aromatic heterocycles. The third-order valence-corrected chi connectivity index (χ3v) is 4.94. The maximum absolute atomic E-state index is 12.7. The van der Waals surface area contributed by atoms with Gasteiger partial charge in [-0.3, -0.25) is 0 Å². The third-order valence-electron chi connectivity index (χ3n) is 4.64. The predicted molar refractivity (Wildman–Crippen MR) is 107 cm³/mol. The third kappa shape index (κ3) is 4.14. The van der Waals surface area contributed by atoms with E-state index in [1.807, 2.05) is 13.0 Å². The van der Waals surface area contributed by atoms with Crippen molar-refractivity contribution in [3.05, 3.63) is 53.3 Å². The van der Waals surface area contributed by atoms with Gasteiger partial charge < -0.3 is 15.4 Å². The lowest BCUT2D eigenvalue weighted by Gasteiger charge is -2.17. The van der Waals surface area contributed by atoms with Gasteiger partial charge in [-0.15, -0.1) is 0 Å². The number of hydrogen-bond donors (Lipinski definition) is 2. The largest absolute Gasteiger partial charge is 0.495 e. The molecule has 10 heteroatoms. The van der Waals surface area contributed by atoms with Crippen LogP contribution in [-0.4, -0.2) is 37.9 Å². The summed E-state index contributed by atoms with van der Waals surface area (Å²) < 4.78 is 6.78. The van der Waals surface area contributed by atoms with Gasteiger partial charge in [0, 0.05) is 24.1 Å². The molecule has 1 aliphatic rings. The van der Waals surface area contributed by atoms with Gasteiger partial charge in [0.25, 0.3) is 5.95 Å². The van der Waals surface area contributed by atoms with E-state index in [1.165, 1.54) is 11.0 Å². The summed E-state index contributed by atoms with van der Waals surface area (Å²) in [4.78, 5) is 25.2. The van der Waals surface area contributed by atoms with Gasteiger partial charge in [-0.05, 0) is 43.4 Å². The molecule has 1 fully saturated rings. The summed E-state index contributed by atoms with van der Waals surface area (Å²) in [7, 11) is 1.54. The number of carbonyl (C=O) groups is 1. The first-order valence-electron chi connectivity index (χ1n) is 9.19. The molecule has 0 saturated heterocycles. The first-order chi connectivity index (χ1) is 14.1. The minimum absolute atomic E-state index is 0.368. The number of hydrogen-bond acceptors (Lipinski definition) is 6. The molecule has 2 heterocycles. The van der Waals surface area contributed by atoms with E-state index in [-0.39, 0.29) is 6.03 Å². The molecule has 3 aromatic rings. The zero-order valence-corrected chi connectivity index (χ0v) is 16.7. The summed E-state index contributed by atoms with van der Waals surface area (Å²) >= 11 is 6.25. The fourth-order valence-corrected chi connectivity index (χ4v) is 3.33. The van der Waals surface area contributed by atoms with Crippen LogP contribution in [0.5, 0.6) is 5.75 Å². The number of urea groups is 1. The average Bonchev–Trinajstić information content (AvgIpc) is 3.44. The second-order valence-electron chi connectivity index (χ2n) is 6.75. The molecule has 1 atom stereocenters. The van der Waals surface area contributed by atoms with Gasteiger partial charge in [-0.25, -0.2) is 19.7 Å². The van der Waals surface area contributed by atoms with Crippen LogP contribution in [0.15, 0.2) is 36.9 Å². The molecule has 0 spiro atoms. The molecule has 9 nitrogen and oxygen atoms in total. The Morgan fingerprint density at radius 2 is 2.03 bits per heavy atom. The number of nitrogens with one attached hydrogen (secondary N) is 2. The lowest BCUT2D eigenvalue weighted by molar-refractivity contribution is 0.248. The Morgan fingerprint density at radius 1 is 1.28 bits per heavy atom.